The number of aromatic nitrogens is 2. The second kappa shape index (κ2) is 7.30. The van der Waals surface area contributed by atoms with Crippen LogP contribution < -0.4 is 10.1 Å². The predicted octanol–water partition coefficient (Wildman–Crippen LogP) is 3.78. The molecule has 5 nitrogen and oxygen atoms in total. The molecule has 0 spiro atoms. The third kappa shape index (κ3) is 3.63. The standard InChI is InChI=1S/C21H23N3O2/c1-14-9-17(10-19(14)25)26-21-11-20(23-13-24-21)22-12-16-7-4-6-15-5-2-3-8-18(15)16/h2-8,11,13-14,17,19,25H,9-10,12H2,1H3,(H,22,23,24)/t14-,17+,19-/m0/s1. The van der Waals surface area contributed by atoms with Crippen LogP contribution in [0.1, 0.15) is 25.3 Å². The Bertz CT molecular complexity index is 884. The molecular formula is C21H23N3O2. The lowest BCUT2D eigenvalue weighted by Gasteiger charge is -2.13. The van der Waals surface area contributed by atoms with Crippen molar-refractivity contribution in [3.05, 3.63) is 60.4 Å². The Hall–Kier alpha value is -2.66. The predicted molar refractivity (Wildman–Crippen MR) is 102 cm³/mol. The van der Waals surface area contributed by atoms with Gasteiger partial charge in [-0.3, -0.25) is 0 Å². The molecule has 0 unspecified atom stereocenters. The van der Waals surface area contributed by atoms with Gasteiger partial charge in [0.15, 0.2) is 0 Å². The summed E-state index contributed by atoms with van der Waals surface area (Å²) in [6.45, 7) is 2.72. The van der Waals surface area contributed by atoms with Gasteiger partial charge in [-0.25, -0.2) is 9.97 Å². The number of aliphatic hydroxyl groups is 1. The molecule has 3 atom stereocenters. The molecule has 26 heavy (non-hydrogen) atoms. The number of aliphatic hydroxyl groups excluding tert-OH is 1. The number of hydrogen-bond donors (Lipinski definition) is 2. The van der Waals surface area contributed by atoms with Gasteiger partial charge in [-0.05, 0) is 28.7 Å². The zero-order valence-corrected chi connectivity index (χ0v) is 14.8. The van der Waals surface area contributed by atoms with Crippen LogP contribution in [-0.4, -0.2) is 27.3 Å². The van der Waals surface area contributed by atoms with E-state index in [0.717, 1.165) is 12.2 Å². The molecule has 1 aromatic heterocycles. The molecule has 1 heterocycles. The largest absolute Gasteiger partial charge is 0.474 e. The zero-order valence-electron chi connectivity index (χ0n) is 14.8. The Morgan fingerprint density at radius 2 is 1.96 bits per heavy atom. The molecular weight excluding hydrogens is 326 g/mol. The number of rotatable bonds is 5. The second-order valence-corrected chi connectivity index (χ2v) is 6.99. The molecule has 134 valence electrons. The lowest BCUT2D eigenvalue weighted by Crippen LogP contribution is -2.14. The molecule has 0 amide bonds. The molecule has 1 fully saturated rings. The van der Waals surface area contributed by atoms with Gasteiger partial charge in [0.2, 0.25) is 5.88 Å². The normalized spacial score (nSPS) is 22.5. The van der Waals surface area contributed by atoms with E-state index in [1.165, 1.54) is 22.7 Å². The third-order valence-corrected chi connectivity index (χ3v) is 5.07. The zero-order chi connectivity index (χ0) is 17.9. The molecule has 0 aliphatic heterocycles. The van der Waals surface area contributed by atoms with E-state index in [0.29, 0.717) is 18.8 Å². The molecule has 1 aliphatic carbocycles. The first-order valence-electron chi connectivity index (χ1n) is 9.06. The Balaban J connectivity index is 1.44. The van der Waals surface area contributed by atoms with Gasteiger partial charge in [0.1, 0.15) is 18.2 Å². The van der Waals surface area contributed by atoms with Gasteiger partial charge in [0.05, 0.1) is 6.10 Å². The number of nitrogens with one attached hydrogen (secondary N) is 1. The summed E-state index contributed by atoms with van der Waals surface area (Å²) in [5, 5.41) is 15.7. The van der Waals surface area contributed by atoms with Crippen molar-refractivity contribution in [3.63, 3.8) is 0 Å². The highest BCUT2D eigenvalue weighted by molar-refractivity contribution is 5.85. The monoisotopic (exact) mass is 349 g/mol. The number of nitrogens with zero attached hydrogens (tertiary/aromatic N) is 2. The number of anilines is 1. The van der Waals surface area contributed by atoms with E-state index in [2.05, 4.69) is 51.7 Å². The van der Waals surface area contributed by atoms with Crippen molar-refractivity contribution in [3.8, 4) is 5.88 Å². The van der Waals surface area contributed by atoms with Crippen LogP contribution in [0.3, 0.4) is 0 Å². The molecule has 1 saturated carbocycles. The van der Waals surface area contributed by atoms with Gasteiger partial charge in [0.25, 0.3) is 0 Å². The highest BCUT2D eigenvalue weighted by atomic mass is 16.5. The molecule has 5 heteroatoms. The van der Waals surface area contributed by atoms with Crippen LogP contribution >= 0.6 is 0 Å². The van der Waals surface area contributed by atoms with Gasteiger partial charge < -0.3 is 15.2 Å². The minimum Gasteiger partial charge on any atom is -0.474 e. The van der Waals surface area contributed by atoms with Crippen LogP contribution in [0.25, 0.3) is 10.8 Å². The second-order valence-electron chi connectivity index (χ2n) is 6.99. The molecule has 2 aromatic carbocycles. The fourth-order valence-corrected chi connectivity index (χ4v) is 3.57. The molecule has 3 aromatic rings. The van der Waals surface area contributed by atoms with E-state index in [9.17, 15) is 5.11 Å². The van der Waals surface area contributed by atoms with Crippen molar-refractivity contribution < 1.29 is 9.84 Å². The van der Waals surface area contributed by atoms with Gasteiger partial charge in [-0.2, -0.15) is 0 Å². The van der Waals surface area contributed by atoms with Crippen LogP contribution in [0.5, 0.6) is 5.88 Å². The Kier molecular flexibility index (Phi) is 4.71. The maximum atomic E-state index is 9.87. The first-order valence-corrected chi connectivity index (χ1v) is 9.06. The van der Waals surface area contributed by atoms with Gasteiger partial charge >= 0.3 is 0 Å². The van der Waals surface area contributed by atoms with E-state index in [-0.39, 0.29) is 18.1 Å². The Labute approximate surface area is 153 Å². The van der Waals surface area contributed by atoms with Crippen molar-refractivity contribution in [2.75, 3.05) is 5.32 Å². The van der Waals surface area contributed by atoms with Gasteiger partial charge in [-0.1, -0.05) is 49.4 Å². The Morgan fingerprint density at radius 1 is 1.12 bits per heavy atom. The topological polar surface area (TPSA) is 67.3 Å². The summed E-state index contributed by atoms with van der Waals surface area (Å²) in [7, 11) is 0. The first-order chi connectivity index (χ1) is 12.7. The average molecular weight is 349 g/mol. The SMILES string of the molecule is C[C@H]1C[C@@H](Oc2cc(NCc3cccc4ccccc34)ncn2)C[C@@H]1O. The average Bonchev–Trinajstić information content (AvgIpc) is 2.97. The Morgan fingerprint density at radius 3 is 2.81 bits per heavy atom. The number of ether oxygens (including phenoxy) is 1. The van der Waals surface area contributed by atoms with Crippen LogP contribution in [0.4, 0.5) is 5.82 Å². The maximum Gasteiger partial charge on any atom is 0.218 e. The molecule has 1 aliphatic rings. The molecule has 0 saturated heterocycles. The van der Waals surface area contributed by atoms with E-state index >= 15 is 0 Å². The maximum absolute atomic E-state index is 9.87. The summed E-state index contributed by atoms with van der Waals surface area (Å²) in [5.41, 5.74) is 1.22. The molecule has 0 bridgehead atoms. The fourth-order valence-electron chi connectivity index (χ4n) is 3.57. The van der Waals surface area contributed by atoms with Crippen LogP contribution in [0.15, 0.2) is 54.9 Å². The summed E-state index contributed by atoms with van der Waals surface area (Å²) in [6.07, 6.45) is 2.75. The van der Waals surface area contributed by atoms with E-state index < -0.39 is 0 Å². The van der Waals surface area contributed by atoms with Crippen molar-refractivity contribution >= 4 is 16.6 Å². The highest BCUT2D eigenvalue weighted by Crippen LogP contribution is 2.29. The van der Waals surface area contributed by atoms with Crippen molar-refractivity contribution in [1.82, 2.24) is 9.97 Å². The fraction of sp³-hybridized carbons (Fsp3) is 0.333. The molecule has 4 rings (SSSR count). The molecule has 2 N–H and O–H groups in total. The van der Waals surface area contributed by atoms with Crippen molar-refractivity contribution in [2.24, 2.45) is 5.92 Å². The number of fused-ring (bicyclic) bond motifs is 1. The number of benzene rings is 2. The summed E-state index contributed by atoms with van der Waals surface area (Å²) in [5.74, 6) is 1.55. The lowest BCUT2D eigenvalue weighted by atomic mass is 10.0. The van der Waals surface area contributed by atoms with Crippen molar-refractivity contribution in [1.29, 1.82) is 0 Å². The lowest BCUT2D eigenvalue weighted by molar-refractivity contribution is 0.128. The van der Waals surface area contributed by atoms with Crippen LogP contribution in [0.2, 0.25) is 0 Å². The third-order valence-electron chi connectivity index (χ3n) is 5.07. The van der Waals surface area contributed by atoms with Gasteiger partial charge in [-0.15, -0.1) is 0 Å². The van der Waals surface area contributed by atoms with Gasteiger partial charge in [0, 0.05) is 19.0 Å². The minimum absolute atomic E-state index is 0.0146. The smallest absolute Gasteiger partial charge is 0.218 e. The summed E-state index contributed by atoms with van der Waals surface area (Å²) >= 11 is 0. The first kappa shape index (κ1) is 16.8. The number of hydrogen-bond acceptors (Lipinski definition) is 5. The van der Waals surface area contributed by atoms with Crippen molar-refractivity contribution in [2.45, 2.75) is 38.5 Å². The molecule has 0 radical (unpaired) electrons. The van der Waals surface area contributed by atoms with E-state index in [1.54, 1.807) is 0 Å². The summed E-state index contributed by atoms with van der Waals surface area (Å²) < 4.78 is 5.93. The van der Waals surface area contributed by atoms with E-state index in [4.69, 9.17) is 4.74 Å². The van der Waals surface area contributed by atoms with Crippen LogP contribution in [-0.2, 0) is 6.54 Å². The van der Waals surface area contributed by atoms with E-state index in [1.807, 2.05) is 19.1 Å². The van der Waals surface area contributed by atoms with Crippen LogP contribution in [0, 0.1) is 5.92 Å². The summed E-state index contributed by atoms with van der Waals surface area (Å²) in [6, 6.07) is 16.5. The quantitative estimate of drug-likeness (QED) is 0.734. The minimum atomic E-state index is -0.286. The summed E-state index contributed by atoms with van der Waals surface area (Å²) in [4.78, 5) is 8.49. The highest BCUT2D eigenvalue weighted by Gasteiger charge is 2.31.